The Labute approximate surface area is 161 Å². The van der Waals surface area contributed by atoms with Crippen LogP contribution in [0.1, 0.15) is 31.9 Å². The Balaban J connectivity index is 2.23. The highest BCUT2D eigenvalue weighted by atomic mass is 15.5. The molecule has 0 radical (unpaired) electrons. The van der Waals surface area contributed by atoms with Gasteiger partial charge in [-0.05, 0) is 51.6 Å². The van der Waals surface area contributed by atoms with Crippen LogP contribution < -0.4 is 15.1 Å². The molecule has 1 aliphatic rings. The number of benzene rings is 2. The van der Waals surface area contributed by atoms with E-state index in [4.69, 9.17) is 0 Å². The van der Waals surface area contributed by atoms with Gasteiger partial charge < -0.3 is 15.1 Å². The van der Waals surface area contributed by atoms with Crippen LogP contribution in [0.25, 0.3) is 0 Å². The molecular weight excluding hydrogens is 334 g/mol. The predicted octanol–water partition coefficient (Wildman–Crippen LogP) is 3.82. The predicted molar refractivity (Wildman–Crippen MR) is 108 cm³/mol. The first kappa shape index (κ1) is 18.8. The van der Waals surface area contributed by atoms with Crippen LogP contribution in [-0.2, 0) is 0 Å². The molecule has 1 heterocycles. The van der Waals surface area contributed by atoms with Crippen molar-refractivity contribution in [3.8, 4) is 12.1 Å². The molecule has 0 unspecified atom stereocenters. The highest BCUT2D eigenvalue weighted by Crippen LogP contribution is 2.50. The standard InChI is InChI=1S/C22H25N5/c1-17(2)26-20-11-7-8-12-21(20)27(22(26,15-23)16-24)19(13-14-25-3)18-9-5-4-6-10-18/h4-12,17,19,25H,13-14H2,1-3H3/t19-/m1/s1. The molecule has 2 aromatic carbocycles. The summed E-state index contributed by atoms with van der Waals surface area (Å²) in [5, 5.41) is 23.7. The summed E-state index contributed by atoms with van der Waals surface area (Å²) < 4.78 is 0. The van der Waals surface area contributed by atoms with Gasteiger partial charge in [-0.15, -0.1) is 0 Å². The van der Waals surface area contributed by atoms with E-state index in [1.807, 2.05) is 73.2 Å². The monoisotopic (exact) mass is 359 g/mol. The molecule has 1 aliphatic heterocycles. The molecule has 0 saturated heterocycles. The first-order chi connectivity index (χ1) is 13.1. The number of para-hydroxylation sites is 2. The van der Waals surface area contributed by atoms with Crippen LogP contribution in [0.4, 0.5) is 11.4 Å². The molecular formula is C22H25N5. The molecule has 1 N–H and O–H groups in total. The number of fused-ring (bicyclic) bond motifs is 1. The Morgan fingerprint density at radius 2 is 1.48 bits per heavy atom. The topological polar surface area (TPSA) is 66.1 Å². The van der Waals surface area contributed by atoms with Crippen molar-refractivity contribution >= 4 is 11.4 Å². The van der Waals surface area contributed by atoms with Crippen molar-refractivity contribution in [1.29, 1.82) is 10.5 Å². The molecule has 0 amide bonds. The van der Waals surface area contributed by atoms with Gasteiger partial charge >= 0.3 is 0 Å². The lowest BCUT2D eigenvalue weighted by molar-refractivity contribution is 0.462. The molecule has 0 aromatic heterocycles. The fourth-order valence-corrected chi connectivity index (χ4v) is 4.02. The Hall–Kier alpha value is -3.02. The number of rotatable bonds is 6. The van der Waals surface area contributed by atoms with Crippen LogP contribution in [0.2, 0.25) is 0 Å². The summed E-state index contributed by atoms with van der Waals surface area (Å²) in [6.07, 6.45) is 0.784. The van der Waals surface area contributed by atoms with Crippen molar-refractivity contribution in [1.82, 2.24) is 5.32 Å². The zero-order chi connectivity index (χ0) is 19.4. The first-order valence-corrected chi connectivity index (χ1v) is 9.30. The normalized spacial score (nSPS) is 15.9. The van der Waals surface area contributed by atoms with E-state index in [1.54, 1.807) is 0 Å². The Morgan fingerprint density at radius 1 is 0.926 bits per heavy atom. The Kier molecular flexibility index (Phi) is 5.35. The number of nitrogens with one attached hydrogen (secondary N) is 1. The van der Waals surface area contributed by atoms with Crippen LogP contribution >= 0.6 is 0 Å². The second-order valence-corrected chi connectivity index (χ2v) is 7.04. The maximum Gasteiger partial charge on any atom is 0.293 e. The number of hydrogen-bond donors (Lipinski definition) is 1. The van der Waals surface area contributed by atoms with Crippen molar-refractivity contribution in [3.05, 3.63) is 60.2 Å². The maximum absolute atomic E-state index is 10.2. The zero-order valence-corrected chi connectivity index (χ0v) is 16.1. The molecule has 0 bridgehead atoms. The van der Waals surface area contributed by atoms with Crippen molar-refractivity contribution in [2.24, 2.45) is 0 Å². The van der Waals surface area contributed by atoms with E-state index in [-0.39, 0.29) is 12.1 Å². The molecule has 0 saturated carbocycles. The van der Waals surface area contributed by atoms with Gasteiger partial charge in [0.15, 0.2) is 0 Å². The fraction of sp³-hybridized carbons (Fsp3) is 0.364. The molecule has 5 heteroatoms. The molecule has 0 fully saturated rings. The Bertz CT molecular complexity index is 848. The molecule has 27 heavy (non-hydrogen) atoms. The van der Waals surface area contributed by atoms with Gasteiger partial charge in [-0.2, -0.15) is 10.5 Å². The molecule has 0 spiro atoms. The van der Waals surface area contributed by atoms with Crippen LogP contribution in [0.15, 0.2) is 54.6 Å². The average molecular weight is 359 g/mol. The minimum absolute atomic E-state index is 0.0103. The first-order valence-electron chi connectivity index (χ1n) is 9.30. The van der Waals surface area contributed by atoms with Crippen LogP contribution in [0.3, 0.4) is 0 Å². The van der Waals surface area contributed by atoms with Gasteiger partial charge in [0.25, 0.3) is 5.66 Å². The SMILES string of the molecule is CNCC[C@H](c1ccccc1)N1c2ccccc2N(C(C)C)C1(C#N)C#N. The average Bonchev–Trinajstić information content (AvgIpc) is 3.00. The van der Waals surface area contributed by atoms with Gasteiger partial charge in [-0.1, -0.05) is 42.5 Å². The lowest BCUT2D eigenvalue weighted by Crippen LogP contribution is -2.58. The third-order valence-corrected chi connectivity index (χ3v) is 5.09. The number of nitriles is 2. The highest BCUT2D eigenvalue weighted by molar-refractivity contribution is 5.84. The van der Waals surface area contributed by atoms with Gasteiger partial charge in [0.1, 0.15) is 12.1 Å². The number of anilines is 2. The third-order valence-electron chi connectivity index (χ3n) is 5.09. The lowest BCUT2D eigenvalue weighted by atomic mass is 9.97. The lowest BCUT2D eigenvalue weighted by Gasteiger charge is -2.41. The van der Waals surface area contributed by atoms with Crippen molar-refractivity contribution < 1.29 is 0 Å². The molecule has 3 rings (SSSR count). The van der Waals surface area contributed by atoms with E-state index in [0.29, 0.717) is 0 Å². The third kappa shape index (κ3) is 3.01. The van der Waals surface area contributed by atoms with E-state index in [1.165, 1.54) is 0 Å². The summed E-state index contributed by atoms with van der Waals surface area (Å²) in [7, 11) is 1.92. The van der Waals surface area contributed by atoms with Crippen LogP contribution in [-0.4, -0.2) is 25.3 Å². The van der Waals surface area contributed by atoms with Gasteiger partial charge in [0.05, 0.1) is 17.4 Å². The van der Waals surface area contributed by atoms with E-state index in [0.717, 1.165) is 29.9 Å². The molecule has 1 atom stereocenters. The fourth-order valence-electron chi connectivity index (χ4n) is 4.02. The van der Waals surface area contributed by atoms with Gasteiger partial charge in [0, 0.05) is 6.04 Å². The summed E-state index contributed by atoms with van der Waals surface area (Å²) in [6.45, 7) is 4.83. The molecule has 5 nitrogen and oxygen atoms in total. The van der Waals surface area contributed by atoms with Crippen LogP contribution in [0.5, 0.6) is 0 Å². The van der Waals surface area contributed by atoms with Crippen LogP contribution in [0, 0.1) is 22.7 Å². The zero-order valence-electron chi connectivity index (χ0n) is 16.1. The minimum atomic E-state index is -1.38. The maximum atomic E-state index is 10.2. The van der Waals surface area contributed by atoms with E-state index < -0.39 is 5.66 Å². The van der Waals surface area contributed by atoms with Gasteiger partial charge in [-0.25, -0.2) is 0 Å². The largest absolute Gasteiger partial charge is 0.320 e. The molecule has 138 valence electrons. The van der Waals surface area contributed by atoms with Crippen molar-refractivity contribution in [2.45, 2.75) is 38.0 Å². The summed E-state index contributed by atoms with van der Waals surface area (Å²) in [4.78, 5) is 3.95. The number of hydrogen-bond acceptors (Lipinski definition) is 5. The number of nitrogens with zero attached hydrogens (tertiary/aromatic N) is 4. The van der Waals surface area contributed by atoms with Gasteiger partial charge in [-0.3, -0.25) is 0 Å². The van der Waals surface area contributed by atoms with Crippen molar-refractivity contribution in [3.63, 3.8) is 0 Å². The summed E-state index contributed by atoms with van der Waals surface area (Å²) in [5.41, 5.74) is 1.58. The van der Waals surface area contributed by atoms with Gasteiger partial charge in [0.2, 0.25) is 0 Å². The molecule has 2 aromatic rings. The summed E-state index contributed by atoms with van der Waals surface area (Å²) in [6, 6.07) is 22.7. The summed E-state index contributed by atoms with van der Waals surface area (Å²) in [5.74, 6) is 0. The van der Waals surface area contributed by atoms with E-state index in [9.17, 15) is 10.5 Å². The Morgan fingerprint density at radius 3 is 2.00 bits per heavy atom. The second kappa shape index (κ2) is 7.70. The molecule has 0 aliphatic carbocycles. The van der Waals surface area contributed by atoms with Crippen molar-refractivity contribution in [2.75, 3.05) is 23.4 Å². The quantitative estimate of drug-likeness (QED) is 0.849. The van der Waals surface area contributed by atoms with E-state index in [2.05, 4.69) is 29.6 Å². The van der Waals surface area contributed by atoms with E-state index >= 15 is 0 Å². The second-order valence-electron chi connectivity index (χ2n) is 7.04. The summed E-state index contributed by atoms with van der Waals surface area (Å²) >= 11 is 0. The minimum Gasteiger partial charge on any atom is -0.320 e. The smallest absolute Gasteiger partial charge is 0.293 e. The highest BCUT2D eigenvalue weighted by Gasteiger charge is 2.54.